The first-order valence-electron chi connectivity index (χ1n) is 8.14. The van der Waals surface area contributed by atoms with Crippen LogP contribution in [0.4, 0.5) is 0 Å². The molecule has 1 amide bonds. The van der Waals surface area contributed by atoms with Gasteiger partial charge in [-0.05, 0) is 68.6 Å². The van der Waals surface area contributed by atoms with E-state index in [0.717, 1.165) is 24.2 Å². The van der Waals surface area contributed by atoms with Gasteiger partial charge in [-0.1, -0.05) is 0 Å². The fraction of sp³-hybridized carbons (Fsp3) is 0.882. The second-order valence-corrected chi connectivity index (χ2v) is 7.81. The average Bonchev–Trinajstić information content (AvgIpc) is 2.35. The molecule has 0 N–H and O–H groups in total. The van der Waals surface area contributed by atoms with Crippen LogP contribution in [0.2, 0.25) is 0 Å². The Morgan fingerprint density at radius 1 is 1.25 bits per heavy atom. The number of nitrogens with zero attached hydrogens (tertiary/aromatic N) is 2. The largest absolute Gasteiger partial charge is 0.342 e. The van der Waals surface area contributed by atoms with Gasteiger partial charge in [-0.25, -0.2) is 0 Å². The van der Waals surface area contributed by atoms with Crippen LogP contribution in [-0.2, 0) is 4.79 Å². The maximum absolute atomic E-state index is 12.6. The van der Waals surface area contributed by atoms with Gasteiger partial charge < -0.3 is 4.90 Å². The van der Waals surface area contributed by atoms with Crippen molar-refractivity contribution in [1.29, 1.82) is 5.26 Å². The molecule has 0 aromatic heterocycles. The second-order valence-electron chi connectivity index (χ2n) is 7.81. The zero-order valence-electron chi connectivity index (χ0n) is 12.8. The number of hydrogen-bond donors (Lipinski definition) is 0. The molecule has 0 aromatic carbocycles. The summed E-state index contributed by atoms with van der Waals surface area (Å²) >= 11 is 0. The standard InChI is InChI=1S/C17H26N2O/c1-12(3-4-18)19(2)16(20)11-17-8-13-5-14(9-17)7-15(6-13)10-17/h12-15H,3,5-11H2,1-2H3. The zero-order chi connectivity index (χ0) is 14.3. The van der Waals surface area contributed by atoms with Crippen LogP contribution in [0, 0.1) is 34.5 Å². The van der Waals surface area contributed by atoms with Crippen LogP contribution in [0.3, 0.4) is 0 Å². The van der Waals surface area contributed by atoms with Crippen molar-refractivity contribution in [3.8, 4) is 6.07 Å². The minimum absolute atomic E-state index is 0.0430. The molecule has 4 saturated carbocycles. The van der Waals surface area contributed by atoms with E-state index in [0.29, 0.717) is 11.8 Å². The summed E-state index contributed by atoms with van der Waals surface area (Å²) in [5, 5.41) is 8.78. The zero-order valence-corrected chi connectivity index (χ0v) is 12.8. The van der Waals surface area contributed by atoms with Gasteiger partial charge in [-0.3, -0.25) is 4.79 Å². The molecule has 0 heterocycles. The summed E-state index contributed by atoms with van der Waals surface area (Å²) in [7, 11) is 1.87. The van der Waals surface area contributed by atoms with Crippen molar-refractivity contribution in [3.63, 3.8) is 0 Å². The van der Waals surface area contributed by atoms with E-state index < -0.39 is 0 Å². The molecule has 0 aromatic rings. The van der Waals surface area contributed by atoms with Crippen LogP contribution in [0.25, 0.3) is 0 Å². The Balaban J connectivity index is 1.65. The first-order valence-corrected chi connectivity index (χ1v) is 8.14. The Morgan fingerprint density at radius 2 is 1.75 bits per heavy atom. The highest BCUT2D eigenvalue weighted by molar-refractivity contribution is 5.77. The van der Waals surface area contributed by atoms with Gasteiger partial charge in [0.15, 0.2) is 0 Å². The van der Waals surface area contributed by atoms with E-state index in [2.05, 4.69) is 6.07 Å². The summed E-state index contributed by atoms with van der Waals surface area (Å²) < 4.78 is 0. The van der Waals surface area contributed by atoms with Crippen molar-refractivity contribution in [2.45, 2.75) is 64.3 Å². The van der Waals surface area contributed by atoms with E-state index in [1.165, 1.54) is 38.5 Å². The van der Waals surface area contributed by atoms with Crippen molar-refractivity contribution < 1.29 is 4.79 Å². The number of nitriles is 1. The Kier molecular flexibility index (Phi) is 3.52. The maximum atomic E-state index is 12.6. The van der Waals surface area contributed by atoms with Gasteiger partial charge in [0.05, 0.1) is 12.5 Å². The first kappa shape index (κ1) is 13.9. The average molecular weight is 274 g/mol. The van der Waals surface area contributed by atoms with Crippen LogP contribution in [0.1, 0.15) is 58.3 Å². The quantitative estimate of drug-likeness (QED) is 0.789. The molecule has 0 saturated heterocycles. The van der Waals surface area contributed by atoms with Crippen LogP contribution in [0.5, 0.6) is 0 Å². The highest BCUT2D eigenvalue weighted by Crippen LogP contribution is 2.61. The van der Waals surface area contributed by atoms with E-state index in [1.807, 2.05) is 18.9 Å². The first-order chi connectivity index (χ1) is 9.51. The molecule has 1 unspecified atom stereocenters. The molecule has 4 aliphatic rings. The van der Waals surface area contributed by atoms with E-state index in [-0.39, 0.29) is 11.9 Å². The fourth-order valence-corrected chi connectivity index (χ4v) is 5.47. The summed E-state index contributed by atoms with van der Waals surface area (Å²) in [6.45, 7) is 1.97. The predicted molar refractivity (Wildman–Crippen MR) is 77.7 cm³/mol. The van der Waals surface area contributed by atoms with Crippen molar-refractivity contribution in [2.24, 2.45) is 23.2 Å². The van der Waals surface area contributed by atoms with E-state index >= 15 is 0 Å². The molecule has 3 heteroatoms. The minimum Gasteiger partial charge on any atom is -0.342 e. The molecular weight excluding hydrogens is 248 g/mol. The summed E-state index contributed by atoms with van der Waals surface area (Å²) in [6.07, 6.45) is 9.28. The Labute approximate surface area is 122 Å². The lowest BCUT2D eigenvalue weighted by Crippen LogP contribution is -2.48. The van der Waals surface area contributed by atoms with E-state index in [4.69, 9.17) is 5.26 Å². The molecule has 4 rings (SSSR count). The molecule has 0 radical (unpaired) electrons. The minimum atomic E-state index is 0.0430. The van der Waals surface area contributed by atoms with E-state index in [9.17, 15) is 4.79 Å². The summed E-state index contributed by atoms with van der Waals surface area (Å²) in [4.78, 5) is 14.4. The number of rotatable bonds is 4. The highest BCUT2D eigenvalue weighted by atomic mass is 16.2. The lowest BCUT2D eigenvalue weighted by Gasteiger charge is -2.57. The van der Waals surface area contributed by atoms with Crippen molar-refractivity contribution in [2.75, 3.05) is 7.05 Å². The third kappa shape index (κ3) is 2.45. The van der Waals surface area contributed by atoms with Crippen molar-refractivity contribution in [1.82, 2.24) is 4.90 Å². The smallest absolute Gasteiger partial charge is 0.223 e. The molecule has 110 valence electrons. The monoisotopic (exact) mass is 274 g/mol. The Bertz CT molecular complexity index is 401. The maximum Gasteiger partial charge on any atom is 0.223 e. The topological polar surface area (TPSA) is 44.1 Å². The molecule has 20 heavy (non-hydrogen) atoms. The number of hydrogen-bond acceptors (Lipinski definition) is 2. The van der Waals surface area contributed by atoms with Gasteiger partial charge >= 0.3 is 0 Å². The van der Waals surface area contributed by atoms with Crippen LogP contribution >= 0.6 is 0 Å². The van der Waals surface area contributed by atoms with E-state index in [1.54, 1.807) is 0 Å². The molecule has 1 atom stereocenters. The van der Waals surface area contributed by atoms with Crippen LogP contribution < -0.4 is 0 Å². The third-order valence-electron chi connectivity index (χ3n) is 6.13. The van der Waals surface area contributed by atoms with Crippen LogP contribution in [0.15, 0.2) is 0 Å². The number of amides is 1. The molecule has 0 spiro atoms. The van der Waals surface area contributed by atoms with Gasteiger partial charge in [0, 0.05) is 19.5 Å². The lowest BCUT2D eigenvalue weighted by molar-refractivity contribution is -0.139. The van der Waals surface area contributed by atoms with Crippen molar-refractivity contribution in [3.05, 3.63) is 0 Å². The molecule has 4 fully saturated rings. The fourth-order valence-electron chi connectivity index (χ4n) is 5.47. The number of carbonyl (C=O) groups is 1. The third-order valence-corrected chi connectivity index (χ3v) is 6.13. The number of carbonyl (C=O) groups excluding carboxylic acids is 1. The lowest BCUT2D eigenvalue weighted by atomic mass is 9.49. The normalized spacial score (nSPS) is 39.4. The van der Waals surface area contributed by atoms with Crippen molar-refractivity contribution >= 4 is 5.91 Å². The molecule has 4 aliphatic carbocycles. The molecule has 0 aliphatic heterocycles. The van der Waals surface area contributed by atoms with Gasteiger partial charge in [-0.2, -0.15) is 5.26 Å². The molecule has 4 bridgehead atoms. The van der Waals surface area contributed by atoms with Gasteiger partial charge in [0.25, 0.3) is 0 Å². The van der Waals surface area contributed by atoms with Gasteiger partial charge in [-0.15, -0.1) is 0 Å². The Morgan fingerprint density at radius 3 is 2.20 bits per heavy atom. The molecular formula is C17H26N2O. The Hall–Kier alpha value is -1.04. The van der Waals surface area contributed by atoms with Gasteiger partial charge in [0.2, 0.25) is 5.91 Å². The summed E-state index contributed by atoms with van der Waals surface area (Å²) in [5.74, 6) is 2.96. The van der Waals surface area contributed by atoms with Gasteiger partial charge in [0.1, 0.15) is 0 Å². The van der Waals surface area contributed by atoms with Crippen LogP contribution in [-0.4, -0.2) is 23.9 Å². The second kappa shape index (κ2) is 5.06. The highest BCUT2D eigenvalue weighted by Gasteiger charge is 2.51. The SMILES string of the molecule is CC(CC#N)N(C)C(=O)CC12CC3CC(CC(C3)C1)C2. The summed E-state index contributed by atoms with van der Waals surface area (Å²) in [6, 6.07) is 2.21. The molecule has 3 nitrogen and oxygen atoms in total. The summed E-state index contributed by atoms with van der Waals surface area (Å²) in [5.41, 5.74) is 0.312. The predicted octanol–water partition coefficient (Wildman–Crippen LogP) is 3.35.